The Hall–Kier alpha value is -1.93. The van der Waals surface area contributed by atoms with Gasteiger partial charge >= 0.3 is 0 Å². The van der Waals surface area contributed by atoms with Crippen molar-refractivity contribution in [3.63, 3.8) is 0 Å². The van der Waals surface area contributed by atoms with Gasteiger partial charge in [-0.15, -0.1) is 0 Å². The first kappa shape index (κ1) is 8.66. The van der Waals surface area contributed by atoms with Gasteiger partial charge in [-0.2, -0.15) is 5.26 Å². The summed E-state index contributed by atoms with van der Waals surface area (Å²) in [6.45, 7) is 0. The van der Waals surface area contributed by atoms with Gasteiger partial charge in [0.25, 0.3) is 5.56 Å². The Kier molecular flexibility index (Phi) is 1.91. The van der Waals surface area contributed by atoms with Gasteiger partial charge in [0.15, 0.2) is 0 Å². The van der Waals surface area contributed by atoms with Crippen LogP contribution in [-0.4, -0.2) is 15.0 Å². The molecule has 0 unspecified atom stereocenters. The third-order valence-corrected chi connectivity index (χ3v) is 2.02. The molecule has 2 heterocycles. The minimum absolute atomic E-state index is 0.00537. The van der Waals surface area contributed by atoms with Gasteiger partial charge in [-0.1, -0.05) is 11.6 Å². The molecule has 0 aromatic carbocycles. The SMILES string of the molecule is N#Cc1cc2c(Cl)ncnc2[nH]c1=O. The second-order valence-electron chi connectivity index (χ2n) is 2.55. The highest BCUT2D eigenvalue weighted by Crippen LogP contribution is 2.16. The van der Waals surface area contributed by atoms with E-state index in [1.807, 2.05) is 0 Å². The number of aromatic nitrogens is 3. The Bertz CT molecular complexity index is 598. The largest absolute Gasteiger partial charge is 0.305 e. The van der Waals surface area contributed by atoms with Gasteiger partial charge in [-0.3, -0.25) is 4.79 Å². The Balaban J connectivity index is 2.96. The van der Waals surface area contributed by atoms with Crippen LogP contribution in [0.15, 0.2) is 17.2 Å². The number of pyridine rings is 1. The smallest absolute Gasteiger partial charge is 0.267 e. The number of H-pyrrole nitrogens is 1. The second kappa shape index (κ2) is 3.09. The predicted octanol–water partition coefficient (Wildman–Crippen LogP) is 0.843. The van der Waals surface area contributed by atoms with Crippen LogP contribution < -0.4 is 5.56 Å². The summed E-state index contributed by atoms with van der Waals surface area (Å²) in [4.78, 5) is 21.2. The van der Waals surface area contributed by atoms with Gasteiger partial charge in [0, 0.05) is 0 Å². The molecule has 0 atom stereocenters. The van der Waals surface area contributed by atoms with Crippen molar-refractivity contribution < 1.29 is 0 Å². The molecule has 0 aliphatic rings. The summed E-state index contributed by atoms with van der Waals surface area (Å²) >= 11 is 5.76. The topological polar surface area (TPSA) is 82.4 Å². The minimum Gasteiger partial charge on any atom is -0.305 e. The third kappa shape index (κ3) is 1.22. The maximum Gasteiger partial charge on any atom is 0.267 e. The maximum atomic E-state index is 11.2. The van der Waals surface area contributed by atoms with Crippen LogP contribution in [0.1, 0.15) is 5.56 Å². The van der Waals surface area contributed by atoms with Crippen LogP contribution in [0.3, 0.4) is 0 Å². The van der Waals surface area contributed by atoms with Crippen molar-refractivity contribution in [1.29, 1.82) is 5.26 Å². The molecule has 0 amide bonds. The van der Waals surface area contributed by atoms with Gasteiger partial charge in [0.1, 0.15) is 28.8 Å². The normalized spacial score (nSPS) is 10.0. The van der Waals surface area contributed by atoms with Crippen LogP contribution in [0.5, 0.6) is 0 Å². The van der Waals surface area contributed by atoms with E-state index in [0.29, 0.717) is 11.0 Å². The molecule has 68 valence electrons. The molecule has 0 spiro atoms. The van der Waals surface area contributed by atoms with Crippen LogP contribution in [-0.2, 0) is 0 Å². The fourth-order valence-corrected chi connectivity index (χ4v) is 1.26. The lowest BCUT2D eigenvalue weighted by Gasteiger charge is -1.97. The number of fused-ring (bicyclic) bond motifs is 1. The number of nitriles is 1. The minimum atomic E-state index is -0.477. The van der Waals surface area contributed by atoms with E-state index in [9.17, 15) is 4.79 Å². The second-order valence-corrected chi connectivity index (χ2v) is 2.91. The zero-order valence-electron chi connectivity index (χ0n) is 6.78. The quantitative estimate of drug-likeness (QED) is 0.648. The van der Waals surface area contributed by atoms with Crippen molar-refractivity contribution in [2.24, 2.45) is 0 Å². The first-order valence-electron chi connectivity index (χ1n) is 3.66. The molecule has 1 N–H and O–H groups in total. The van der Waals surface area contributed by atoms with E-state index in [4.69, 9.17) is 16.9 Å². The average Bonchev–Trinajstić information content (AvgIpc) is 2.17. The zero-order chi connectivity index (χ0) is 10.1. The van der Waals surface area contributed by atoms with Crippen molar-refractivity contribution in [1.82, 2.24) is 15.0 Å². The van der Waals surface area contributed by atoms with Crippen molar-refractivity contribution in [2.45, 2.75) is 0 Å². The van der Waals surface area contributed by atoms with E-state index < -0.39 is 5.56 Å². The molecule has 2 aromatic heterocycles. The van der Waals surface area contributed by atoms with E-state index >= 15 is 0 Å². The van der Waals surface area contributed by atoms with Crippen LogP contribution in [0.25, 0.3) is 11.0 Å². The van der Waals surface area contributed by atoms with Crippen LogP contribution >= 0.6 is 11.6 Å². The fraction of sp³-hybridized carbons (Fsp3) is 0. The van der Waals surface area contributed by atoms with Crippen molar-refractivity contribution in [3.8, 4) is 6.07 Å². The average molecular weight is 207 g/mol. The molecule has 6 heteroatoms. The Labute approximate surface area is 83.0 Å². The highest BCUT2D eigenvalue weighted by atomic mass is 35.5. The molecule has 0 fully saturated rings. The highest BCUT2D eigenvalue weighted by molar-refractivity contribution is 6.33. The summed E-state index contributed by atoms with van der Waals surface area (Å²) < 4.78 is 0. The molecule has 0 aliphatic heterocycles. The molecule has 0 saturated carbocycles. The summed E-state index contributed by atoms with van der Waals surface area (Å²) in [5.74, 6) is 0. The molecule has 2 aromatic rings. The predicted molar refractivity (Wildman–Crippen MR) is 49.9 cm³/mol. The third-order valence-electron chi connectivity index (χ3n) is 1.72. The molecule has 2 rings (SSSR count). The van der Waals surface area contributed by atoms with E-state index in [0.717, 1.165) is 0 Å². The first-order valence-corrected chi connectivity index (χ1v) is 4.04. The van der Waals surface area contributed by atoms with Gasteiger partial charge in [-0.25, -0.2) is 9.97 Å². The lowest BCUT2D eigenvalue weighted by atomic mass is 10.2. The number of halogens is 1. The summed E-state index contributed by atoms with van der Waals surface area (Å²) in [6.07, 6.45) is 1.24. The molecule has 0 saturated heterocycles. The molecule has 0 bridgehead atoms. The molecular formula is C8H3ClN4O. The van der Waals surface area contributed by atoms with Crippen molar-refractivity contribution in [2.75, 3.05) is 0 Å². The number of nitrogens with one attached hydrogen (secondary N) is 1. The van der Waals surface area contributed by atoms with E-state index in [1.54, 1.807) is 6.07 Å². The van der Waals surface area contributed by atoms with Crippen LogP contribution in [0.2, 0.25) is 5.15 Å². The molecule has 5 nitrogen and oxygen atoms in total. The van der Waals surface area contributed by atoms with Crippen molar-refractivity contribution in [3.05, 3.63) is 33.5 Å². The zero-order valence-corrected chi connectivity index (χ0v) is 7.54. The molecular weight excluding hydrogens is 204 g/mol. The number of aromatic amines is 1. The Morgan fingerprint density at radius 2 is 2.29 bits per heavy atom. The molecule has 0 aliphatic carbocycles. The monoisotopic (exact) mass is 206 g/mol. The molecule has 14 heavy (non-hydrogen) atoms. The lowest BCUT2D eigenvalue weighted by Crippen LogP contribution is -2.10. The first-order chi connectivity index (χ1) is 6.72. The summed E-state index contributed by atoms with van der Waals surface area (Å²) in [5, 5.41) is 9.29. The highest BCUT2D eigenvalue weighted by Gasteiger charge is 2.05. The summed E-state index contributed by atoms with van der Waals surface area (Å²) in [5.41, 5.74) is -0.155. The Morgan fingerprint density at radius 3 is 3.00 bits per heavy atom. The number of rotatable bonds is 0. The lowest BCUT2D eigenvalue weighted by molar-refractivity contribution is 1.15. The van der Waals surface area contributed by atoms with Crippen LogP contribution in [0.4, 0.5) is 0 Å². The van der Waals surface area contributed by atoms with E-state index in [-0.39, 0.29) is 10.7 Å². The Morgan fingerprint density at radius 1 is 1.50 bits per heavy atom. The molecule has 0 radical (unpaired) electrons. The summed E-state index contributed by atoms with van der Waals surface area (Å²) in [7, 11) is 0. The number of hydrogen-bond donors (Lipinski definition) is 1. The standard InChI is InChI=1S/C8H3ClN4O/c9-6-5-1-4(2-10)8(14)13-7(5)12-3-11-6/h1,3H,(H,11,12,13,14). The number of hydrogen-bond acceptors (Lipinski definition) is 4. The van der Waals surface area contributed by atoms with Gasteiger partial charge < -0.3 is 4.98 Å². The van der Waals surface area contributed by atoms with Gasteiger partial charge in [0.2, 0.25) is 0 Å². The maximum absolute atomic E-state index is 11.2. The van der Waals surface area contributed by atoms with Crippen LogP contribution in [0, 0.1) is 11.3 Å². The number of nitrogens with zero attached hydrogens (tertiary/aromatic N) is 3. The van der Waals surface area contributed by atoms with E-state index in [2.05, 4.69) is 15.0 Å². The van der Waals surface area contributed by atoms with Gasteiger partial charge in [-0.05, 0) is 6.07 Å². The van der Waals surface area contributed by atoms with Crippen molar-refractivity contribution >= 4 is 22.6 Å². The van der Waals surface area contributed by atoms with Gasteiger partial charge in [0.05, 0.1) is 5.39 Å². The van der Waals surface area contributed by atoms with E-state index in [1.165, 1.54) is 12.4 Å². The fourth-order valence-electron chi connectivity index (χ4n) is 1.07. The summed E-state index contributed by atoms with van der Waals surface area (Å²) in [6, 6.07) is 3.13.